The Hall–Kier alpha value is -4.03. The third-order valence-corrected chi connectivity index (χ3v) is 10.4. The molecule has 0 atom stereocenters. The van der Waals surface area contributed by atoms with E-state index in [2.05, 4.69) is 154 Å². The molecule has 0 saturated carbocycles. The van der Waals surface area contributed by atoms with Crippen molar-refractivity contribution in [2.75, 3.05) is 4.90 Å². The third kappa shape index (κ3) is 4.38. The first-order valence-electron chi connectivity index (χ1n) is 14.9. The summed E-state index contributed by atoms with van der Waals surface area (Å²) in [5.74, 6) is 0. The van der Waals surface area contributed by atoms with Gasteiger partial charge in [0.15, 0.2) is 0 Å². The summed E-state index contributed by atoms with van der Waals surface area (Å²) in [6.07, 6.45) is 0. The van der Waals surface area contributed by atoms with Crippen molar-refractivity contribution in [2.24, 2.45) is 0 Å². The molecule has 8 rings (SSSR count). The van der Waals surface area contributed by atoms with Gasteiger partial charge in [0.2, 0.25) is 0 Å². The van der Waals surface area contributed by atoms with Gasteiger partial charge in [-0.15, -0.1) is 0 Å². The predicted molar refractivity (Wildman–Crippen MR) is 181 cm³/mol. The molecule has 2 aliphatic rings. The zero-order valence-electron chi connectivity index (χ0n) is 24.8. The predicted octanol–water partition coefficient (Wildman–Crippen LogP) is 9.89. The van der Waals surface area contributed by atoms with E-state index in [0.29, 0.717) is 0 Å². The first-order chi connectivity index (χ1) is 20.8. The molecule has 0 spiro atoms. The normalized spacial score (nSPS) is 16.8. The van der Waals surface area contributed by atoms with E-state index in [-0.39, 0.29) is 0 Å². The Balaban J connectivity index is 1.31. The maximum Gasteiger partial charge on any atom is 0.494 e. The molecule has 3 nitrogen and oxygen atoms in total. The van der Waals surface area contributed by atoms with Crippen LogP contribution in [0.5, 0.6) is 0 Å². The van der Waals surface area contributed by atoms with Gasteiger partial charge in [-0.25, -0.2) is 0 Å². The minimum atomic E-state index is -0.429. The number of anilines is 3. The highest BCUT2D eigenvalue weighted by molar-refractivity contribution is 7.99. The molecule has 0 aliphatic carbocycles. The second-order valence-electron chi connectivity index (χ2n) is 12.5. The molecular formula is C38H32BNO2S. The topological polar surface area (TPSA) is 21.7 Å². The lowest BCUT2D eigenvalue weighted by atomic mass is 9.79. The maximum absolute atomic E-state index is 6.48. The van der Waals surface area contributed by atoms with Crippen LogP contribution in [0.2, 0.25) is 0 Å². The summed E-state index contributed by atoms with van der Waals surface area (Å²) in [5.41, 5.74) is 6.08. The summed E-state index contributed by atoms with van der Waals surface area (Å²) < 4.78 is 13.0. The maximum atomic E-state index is 6.48. The highest BCUT2D eigenvalue weighted by atomic mass is 32.2. The summed E-state index contributed by atoms with van der Waals surface area (Å²) in [5, 5.41) is 4.97. The standard InChI is InChI=1S/C38H32BNO2S/c1-37(2)38(3,4)42-39(41-37)29-19-20-35-34(24-29)40(33-22-26-12-5-6-13-27(26)23-36(33)43-35)30-16-9-15-28(21-30)32-18-10-14-25-11-7-8-17-31(25)32/h5-24H,1-4H3. The average molecular weight is 578 g/mol. The molecule has 2 heterocycles. The molecule has 5 heteroatoms. The van der Waals surface area contributed by atoms with Crippen molar-refractivity contribution in [3.63, 3.8) is 0 Å². The van der Waals surface area contributed by atoms with Crippen LogP contribution in [-0.4, -0.2) is 18.3 Å². The molecule has 2 aliphatic heterocycles. The first kappa shape index (κ1) is 26.6. The Morgan fingerprint density at radius 3 is 2.02 bits per heavy atom. The van der Waals surface area contributed by atoms with Crippen LogP contribution in [0.15, 0.2) is 131 Å². The van der Waals surface area contributed by atoms with Gasteiger partial charge in [0.25, 0.3) is 0 Å². The van der Waals surface area contributed by atoms with Gasteiger partial charge in [-0.3, -0.25) is 0 Å². The molecule has 0 amide bonds. The highest BCUT2D eigenvalue weighted by Gasteiger charge is 2.52. The van der Waals surface area contributed by atoms with Crippen molar-refractivity contribution >= 4 is 63.0 Å². The second kappa shape index (κ2) is 9.75. The molecule has 0 aromatic heterocycles. The van der Waals surface area contributed by atoms with Crippen molar-refractivity contribution < 1.29 is 9.31 Å². The van der Waals surface area contributed by atoms with E-state index in [1.807, 2.05) is 11.8 Å². The SMILES string of the molecule is CC1(C)OB(c2ccc3c(c2)N(c2cccc(-c4cccc5ccccc45)c2)c2cc4ccccc4cc2S3)OC1(C)C. The Bertz CT molecular complexity index is 2030. The monoisotopic (exact) mass is 577 g/mol. The van der Waals surface area contributed by atoms with Crippen molar-refractivity contribution in [2.45, 2.75) is 48.7 Å². The van der Waals surface area contributed by atoms with Crippen LogP contribution in [0.1, 0.15) is 27.7 Å². The van der Waals surface area contributed by atoms with Gasteiger partial charge in [-0.1, -0.05) is 96.7 Å². The van der Waals surface area contributed by atoms with E-state index in [9.17, 15) is 0 Å². The van der Waals surface area contributed by atoms with Crippen LogP contribution in [0.3, 0.4) is 0 Å². The number of fused-ring (bicyclic) bond motifs is 4. The Labute approximate surface area is 257 Å². The first-order valence-corrected chi connectivity index (χ1v) is 15.7. The van der Waals surface area contributed by atoms with Gasteiger partial charge in [-0.2, -0.15) is 0 Å². The molecule has 0 N–H and O–H groups in total. The number of rotatable bonds is 3. The Morgan fingerprint density at radius 2 is 1.23 bits per heavy atom. The van der Waals surface area contributed by atoms with Crippen molar-refractivity contribution in [1.82, 2.24) is 0 Å². The second-order valence-corrected chi connectivity index (χ2v) is 13.6. The molecule has 0 unspecified atom stereocenters. The van der Waals surface area contributed by atoms with Crippen LogP contribution >= 0.6 is 11.8 Å². The molecular weight excluding hydrogens is 545 g/mol. The van der Waals surface area contributed by atoms with Crippen LogP contribution < -0.4 is 10.4 Å². The largest absolute Gasteiger partial charge is 0.494 e. The van der Waals surface area contributed by atoms with Crippen LogP contribution in [0, 0.1) is 0 Å². The zero-order chi connectivity index (χ0) is 29.3. The fourth-order valence-electron chi connectivity index (χ4n) is 6.20. The lowest BCUT2D eigenvalue weighted by molar-refractivity contribution is 0.00578. The zero-order valence-corrected chi connectivity index (χ0v) is 25.6. The molecule has 6 aromatic rings. The molecule has 210 valence electrons. The van der Waals surface area contributed by atoms with Crippen LogP contribution in [-0.2, 0) is 9.31 Å². The van der Waals surface area contributed by atoms with E-state index in [4.69, 9.17) is 9.31 Å². The van der Waals surface area contributed by atoms with Gasteiger partial charge < -0.3 is 14.2 Å². The highest BCUT2D eigenvalue weighted by Crippen LogP contribution is 2.53. The van der Waals surface area contributed by atoms with Crippen molar-refractivity contribution in [3.8, 4) is 11.1 Å². The fourth-order valence-corrected chi connectivity index (χ4v) is 7.27. The van der Waals surface area contributed by atoms with E-state index < -0.39 is 18.3 Å². The summed E-state index contributed by atoms with van der Waals surface area (Å²) in [4.78, 5) is 4.86. The van der Waals surface area contributed by atoms with Gasteiger partial charge >= 0.3 is 7.12 Å². The average Bonchev–Trinajstić information content (AvgIpc) is 3.24. The minimum Gasteiger partial charge on any atom is -0.399 e. The Morgan fingerprint density at radius 1 is 0.581 bits per heavy atom. The number of hydrogen-bond donors (Lipinski definition) is 0. The lowest BCUT2D eigenvalue weighted by Crippen LogP contribution is -2.41. The third-order valence-electron chi connectivity index (χ3n) is 9.24. The minimum absolute atomic E-state index is 0.402. The lowest BCUT2D eigenvalue weighted by Gasteiger charge is -2.34. The van der Waals surface area contributed by atoms with Gasteiger partial charge in [0.05, 0.1) is 22.6 Å². The summed E-state index contributed by atoms with van der Waals surface area (Å²) in [6, 6.07) is 44.0. The van der Waals surface area contributed by atoms with Crippen molar-refractivity contribution in [1.29, 1.82) is 0 Å². The summed E-state index contributed by atoms with van der Waals surface area (Å²) in [6.45, 7) is 8.42. The van der Waals surface area contributed by atoms with Crippen LogP contribution in [0.4, 0.5) is 17.1 Å². The van der Waals surface area contributed by atoms with E-state index in [1.54, 1.807) is 0 Å². The molecule has 0 bridgehead atoms. The smallest absolute Gasteiger partial charge is 0.399 e. The quantitative estimate of drug-likeness (QED) is 0.195. The number of benzene rings is 6. The molecule has 0 radical (unpaired) electrons. The summed E-state index contributed by atoms with van der Waals surface area (Å²) >= 11 is 1.83. The molecule has 1 fully saturated rings. The van der Waals surface area contributed by atoms with E-state index in [1.165, 1.54) is 48.2 Å². The number of nitrogens with zero attached hydrogens (tertiary/aromatic N) is 1. The van der Waals surface area contributed by atoms with Crippen molar-refractivity contribution in [3.05, 3.63) is 121 Å². The van der Waals surface area contributed by atoms with E-state index >= 15 is 0 Å². The molecule has 6 aromatic carbocycles. The van der Waals surface area contributed by atoms with Crippen LogP contribution in [0.25, 0.3) is 32.7 Å². The molecule has 43 heavy (non-hydrogen) atoms. The van der Waals surface area contributed by atoms with Gasteiger partial charge in [0, 0.05) is 15.5 Å². The fraction of sp³-hybridized carbons (Fsp3) is 0.158. The van der Waals surface area contributed by atoms with Gasteiger partial charge in [0.1, 0.15) is 0 Å². The van der Waals surface area contributed by atoms with Gasteiger partial charge in [-0.05, 0) is 102 Å². The number of hydrogen-bond acceptors (Lipinski definition) is 4. The van der Waals surface area contributed by atoms with E-state index in [0.717, 1.165) is 16.8 Å². The summed E-state index contributed by atoms with van der Waals surface area (Å²) in [7, 11) is -0.429. The molecule has 1 saturated heterocycles. The Kier molecular flexibility index (Phi) is 6.03.